The molecule has 3 rings (SSSR count). The molecule has 20 heavy (non-hydrogen) atoms. The molecule has 2 heterocycles. The van der Waals surface area contributed by atoms with Gasteiger partial charge in [-0.15, -0.1) is 0 Å². The summed E-state index contributed by atoms with van der Waals surface area (Å²) < 4.78 is 2.25. The van der Waals surface area contributed by atoms with Crippen molar-refractivity contribution in [2.45, 2.75) is 65.0 Å². The lowest BCUT2D eigenvalue weighted by Crippen LogP contribution is -2.29. The van der Waals surface area contributed by atoms with Crippen molar-refractivity contribution in [2.75, 3.05) is 0 Å². The number of carbonyl (C=O) groups is 1. The van der Waals surface area contributed by atoms with Crippen molar-refractivity contribution < 1.29 is 4.79 Å². The highest BCUT2D eigenvalue weighted by Crippen LogP contribution is 2.31. The number of carbonyl (C=O) groups excluding carboxylic acids is 1. The van der Waals surface area contributed by atoms with Gasteiger partial charge in [-0.2, -0.15) is 0 Å². The molecule has 0 aromatic carbocycles. The van der Waals surface area contributed by atoms with Crippen LogP contribution in [0.15, 0.2) is 6.20 Å². The molecule has 1 aromatic heterocycles. The number of aromatic nitrogens is 2. The smallest absolute Gasteiger partial charge is 0.220 e. The molecule has 0 spiro atoms. The van der Waals surface area contributed by atoms with E-state index < -0.39 is 0 Å². The highest BCUT2D eigenvalue weighted by atomic mass is 16.1. The summed E-state index contributed by atoms with van der Waals surface area (Å²) in [6.45, 7) is 3.98. The Balaban J connectivity index is 1.49. The third-order valence-corrected chi connectivity index (χ3v) is 5.01. The molecule has 1 aliphatic heterocycles. The first-order chi connectivity index (χ1) is 9.74. The quantitative estimate of drug-likeness (QED) is 0.918. The molecule has 0 saturated heterocycles. The maximum Gasteiger partial charge on any atom is 0.220 e. The zero-order valence-electron chi connectivity index (χ0n) is 12.4. The number of amides is 1. The monoisotopic (exact) mass is 275 g/mol. The molecular formula is C16H25N3O. The fourth-order valence-electron chi connectivity index (χ4n) is 3.66. The van der Waals surface area contributed by atoms with E-state index in [1.54, 1.807) is 0 Å². The summed E-state index contributed by atoms with van der Waals surface area (Å²) in [5.41, 5.74) is 1.16. The van der Waals surface area contributed by atoms with Crippen LogP contribution < -0.4 is 5.32 Å². The van der Waals surface area contributed by atoms with Gasteiger partial charge in [0.15, 0.2) is 0 Å². The minimum Gasteiger partial charge on any atom is -0.350 e. The minimum atomic E-state index is 0.206. The molecule has 1 fully saturated rings. The van der Waals surface area contributed by atoms with Crippen LogP contribution in [0.4, 0.5) is 0 Å². The van der Waals surface area contributed by atoms with Crippen molar-refractivity contribution in [3.05, 3.63) is 17.7 Å². The zero-order valence-corrected chi connectivity index (χ0v) is 12.4. The van der Waals surface area contributed by atoms with Crippen molar-refractivity contribution in [3.63, 3.8) is 0 Å². The normalized spacial score (nSPS) is 25.4. The molecule has 1 amide bonds. The van der Waals surface area contributed by atoms with Crippen LogP contribution in [0.25, 0.3) is 0 Å². The third kappa shape index (κ3) is 2.89. The molecule has 4 heteroatoms. The van der Waals surface area contributed by atoms with Crippen LogP contribution in [0.5, 0.6) is 0 Å². The summed E-state index contributed by atoms with van der Waals surface area (Å²) in [5.74, 6) is 2.67. The van der Waals surface area contributed by atoms with Gasteiger partial charge in [-0.1, -0.05) is 26.2 Å². The van der Waals surface area contributed by atoms with E-state index in [9.17, 15) is 4.79 Å². The Kier molecular flexibility index (Phi) is 4.08. The van der Waals surface area contributed by atoms with Gasteiger partial charge in [0.2, 0.25) is 5.91 Å². The van der Waals surface area contributed by atoms with Gasteiger partial charge in [0.25, 0.3) is 0 Å². The zero-order chi connectivity index (χ0) is 13.9. The molecule has 1 N–H and O–H groups in total. The topological polar surface area (TPSA) is 46.9 Å². The van der Waals surface area contributed by atoms with Crippen molar-refractivity contribution in [2.24, 2.45) is 11.8 Å². The Morgan fingerprint density at radius 1 is 1.40 bits per heavy atom. The molecule has 0 radical (unpaired) electrons. The van der Waals surface area contributed by atoms with Gasteiger partial charge in [0.1, 0.15) is 5.82 Å². The van der Waals surface area contributed by atoms with Crippen LogP contribution in [-0.2, 0) is 24.3 Å². The number of aryl methyl sites for hydroxylation is 1. The molecular weight excluding hydrogens is 250 g/mol. The fraction of sp³-hybridized carbons (Fsp3) is 0.750. The van der Waals surface area contributed by atoms with Crippen molar-refractivity contribution >= 4 is 5.91 Å². The van der Waals surface area contributed by atoms with E-state index in [1.165, 1.54) is 37.9 Å². The summed E-state index contributed by atoms with van der Waals surface area (Å²) in [4.78, 5) is 16.5. The number of rotatable bonds is 4. The molecule has 2 atom stereocenters. The second kappa shape index (κ2) is 5.98. The number of imidazole rings is 1. The van der Waals surface area contributed by atoms with E-state index in [4.69, 9.17) is 0 Å². The van der Waals surface area contributed by atoms with Gasteiger partial charge in [-0.05, 0) is 24.7 Å². The second-order valence-electron chi connectivity index (χ2n) is 6.42. The Labute approximate surface area is 121 Å². The molecule has 1 saturated carbocycles. The van der Waals surface area contributed by atoms with E-state index in [2.05, 4.69) is 21.8 Å². The number of nitrogens with one attached hydrogen (secondary N) is 1. The summed E-state index contributed by atoms with van der Waals surface area (Å²) >= 11 is 0. The first-order valence-corrected chi connectivity index (χ1v) is 8.04. The maximum absolute atomic E-state index is 12.1. The third-order valence-electron chi connectivity index (χ3n) is 5.01. The summed E-state index contributed by atoms with van der Waals surface area (Å²) in [6, 6.07) is 0. The molecule has 2 aliphatic rings. The minimum absolute atomic E-state index is 0.206. The van der Waals surface area contributed by atoms with E-state index in [0.717, 1.165) is 18.7 Å². The first kappa shape index (κ1) is 13.7. The molecule has 2 unspecified atom stereocenters. The number of hydrogen-bond acceptors (Lipinski definition) is 2. The molecule has 1 aromatic rings. The van der Waals surface area contributed by atoms with Gasteiger partial charge in [-0.3, -0.25) is 4.79 Å². The molecule has 0 bridgehead atoms. The number of hydrogen-bond donors (Lipinski definition) is 1. The Hall–Kier alpha value is -1.32. The lowest BCUT2D eigenvalue weighted by Gasteiger charge is -2.28. The van der Waals surface area contributed by atoms with Gasteiger partial charge in [0.05, 0.1) is 18.4 Å². The van der Waals surface area contributed by atoms with Gasteiger partial charge < -0.3 is 9.88 Å². The van der Waals surface area contributed by atoms with Crippen LogP contribution in [0.3, 0.4) is 0 Å². The lowest BCUT2D eigenvalue weighted by atomic mass is 9.78. The van der Waals surface area contributed by atoms with Crippen LogP contribution >= 0.6 is 0 Å². The standard InChI is InChI=1S/C16H25N3O/c1-12-5-2-3-6-13(12)9-16(20)18-11-14-10-17-15-7-4-8-19(14)15/h10,12-13H,2-9,11H2,1H3,(H,18,20). The van der Waals surface area contributed by atoms with Crippen LogP contribution in [0, 0.1) is 11.8 Å². The van der Waals surface area contributed by atoms with Gasteiger partial charge in [0, 0.05) is 19.4 Å². The van der Waals surface area contributed by atoms with Crippen LogP contribution in [0.2, 0.25) is 0 Å². The number of fused-ring (bicyclic) bond motifs is 1. The average molecular weight is 275 g/mol. The Morgan fingerprint density at radius 2 is 2.25 bits per heavy atom. The van der Waals surface area contributed by atoms with E-state index in [-0.39, 0.29) is 5.91 Å². The maximum atomic E-state index is 12.1. The fourth-order valence-corrected chi connectivity index (χ4v) is 3.66. The molecule has 4 nitrogen and oxygen atoms in total. The predicted octanol–water partition coefficient (Wildman–Crippen LogP) is 2.66. The largest absolute Gasteiger partial charge is 0.350 e. The summed E-state index contributed by atoms with van der Waals surface area (Å²) in [6.07, 6.45) is 10.0. The van der Waals surface area contributed by atoms with Gasteiger partial charge in [-0.25, -0.2) is 4.98 Å². The summed E-state index contributed by atoms with van der Waals surface area (Å²) in [7, 11) is 0. The van der Waals surface area contributed by atoms with Crippen molar-refractivity contribution in [1.29, 1.82) is 0 Å². The second-order valence-corrected chi connectivity index (χ2v) is 6.42. The van der Waals surface area contributed by atoms with E-state index >= 15 is 0 Å². The van der Waals surface area contributed by atoms with E-state index in [1.807, 2.05) is 6.20 Å². The van der Waals surface area contributed by atoms with Gasteiger partial charge >= 0.3 is 0 Å². The Bertz CT molecular complexity index is 480. The highest BCUT2D eigenvalue weighted by Gasteiger charge is 2.23. The highest BCUT2D eigenvalue weighted by molar-refractivity contribution is 5.76. The van der Waals surface area contributed by atoms with Crippen molar-refractivity contribution in [1.82, 2.24) is 14.9 Å². The first-order valence-electron chi connectivity index (χ1n) is 8.04. The molecule has 110 valence electrons. The molecule has 1 aliphatic carbocycles. The predicted molar refractivity (Wildman–Crippen MR) is 78.1 cm³/mol. The Morgan fingerprint density at radius 3 is 3.10 bits per heavy atom. The number of nitrogens with zero attached hydrogens (tertiary/aromatic N) is 2. The SMILES string of the molecule is CC1CCCCC1CC(=O)NCc1cnc2n1CCC2. The van der Waals surface area contributed by atoms with E-state index in [0.29, 0.717) is 24.8 Å². The lowest BCUT2D eigenvalue weighted by molar-refractivity contribution is -0.122. The van der Waals surface area contributed by atoms with Crippen LogP contribution in [-0.4, -0.2) is 15.5 Å². The van der Waals surface area contributed by atoms with Crippen molar-refractivity contribution in [3.8, 4) is 0 Å². The summed E-state index contributed by atoms with van der Waals surface area (Å²) in [5, 5.41) is 3.08. The van der Waals surface area contributed by atoms with Crippen LogP contribution in [0.1, 0.15) is 57.0 Å². The average Bonchev–Trinajstić information content (AvgIpc) is 3.02.